The second-order valence-electron chi connectivity index (χ2n) is 6.48. The van der Waals surface area contributed by atoms with Gasteiger partial charge in [0.05, 0.1) is 10.6 Å². The van der Waals surface area contributed by atoms with Gasteiger partial charge in [-0.25, -0.2) is 8.42 Å². The molecule has 1 amide bonds. The van der Waals surface area contributed by atoms with Gasteiger partial charge in [-0.2, -0.15) is 0 Å². The van der Waals surface area contributed by atoms with Crippen LogP contribution in [0.2, 0.25) is 0 Å². The van der Waals surface area contributed by atoms with Crippen LogP contribution in [0.15, 0.2) is 41.3 Å². The number of amides is 1. The van der Waals surface area contributed by atoms with Crippen molar-refractivity contribution in [2.45, 2.75) is 37.5 Å². The number of carbonyl (C=O) groups is 1. The van der Waals surface area contributed by atoms with Gasteiger partial charge in [0.1, 0.15) is 0 Å². The molecule has 0 unspecified atom stereocenters. The third kappa shape index (κ3) is 4.02. The van der Waals surface area contributed by atoms with Crippen molar-refractivity contribution in [3.63, 3.8) is 0 Å². The zero-order chi connectivity index (χ0) is 18.0. The van der Waals surface area contributed by atoms with Crippen LogP contribution in [-0.4, -0.2) is 20.1 Å². The summed E-state index contributed by atoms with van der Waals surface area (Å²) in [4.78, 5) is 12.4. The topological polar surface area (TPSA) is 89.3 Å². The molecule has 3 N–H and O–H groups in total. The summed E-state index contributed by atoms with van der Waals surface area (Å²) in [6, 6.07) is 10.5. The second kappa shape index (κ2) is 6.88. The molecule has 0 fully saturated rings. The number of nitrogens with one attached hydrogen (secondary N) is 1. The van der Waals surface area contributed by atoms with Gasteiger partial charge in [0.2, 0.25) is 5.91 Å². The Morgan fingerprint density at radius 2 is 1.88 bits per heavy atom. The molecule has 0 spiro atoms. The average Bonchev–Trinajstić information content (AvgIpc) is 3.04. The Morgan fingerprint density at radius 3 is 2.68 bits per heavy atom. The minimum absolute atomic E-state index is 0.0896. The Morgan fingerprint density at radius 1 is 1.12 bits per heavy atom. The molecule has 0 saturated carbocycles. The number of aryl methyl sites for hydroxylation is 3. The zero-order valence-electron chi connectivity index (χ0n) is 14.2. The SMILES string of the molecule is Cc1ccc(N)cc1NC(=O)CCS(=O)(=O)c1ccc2c(c1)CCC2. The normalized spacial score (nSPS) is 13.5. The van der Waals surface area contributed by atoms with E-state index in [1.165, 1.54) is 5.56 Å². The highest BCUT2D eigenvalue weighted by Gasteiger charge is 2.20. The Balaban J connectivity index is 1.65. The van der Waals surface area contributed by atoms with E-state index in [2.05, 4.69) is 5.32 Å². The van der Waals surface area contributed by atoms with Crippen LogP contribution >= 0.6 is 0 Å². The smallest absolute Gasteiger partial charge is 0.225 e. The summed E-state index contributed by atoms with van der Waals surface area (Å²) < 4.78 is 25.0. The Hall–Kier alpha value is -2.34. The number of fused-ring (bicyclic) bond motifs is 1. The first kappa shape index (κ1) is 17.5. The lowest BCUT2D eigenvalue weighted by Gasteiger charge is -2.10. The number of hydrogen-bond acceptors (Lipinski definition) is 4. The van der Waals surface area contributed by atoms with Gasteiger partial charge in [-0.15, -0.1) is 0 Å². The summed E-state index contributed by atoms with van der Waals surface area (Å²) in [6.07, 6.45) is 2.92. The van der Waals surface area contributed by atoms with Gasteiger partial charge in [0.15, 0.2) is 9.84 Å². The highest BCUT2D eigenvalue weighted by atomic mass is 32.2. The molecule has 0 aromatic heterocycles. The molecule has 1 aliphatic carbocycles. The van der Waals surface area contributed by atoms with E-state index in [1.54, 1.807) is 24.3 Å². The Labute approximate surface area is 148 Å². The molecule has 0 heterocycles. The maximum absolute atomic E-state index is 12.5. The summed E-state index contributed by atoms with van der Waals surface area (Å²) in [5.41, 5.74) is 10.1. The maximum atomic E-state index is 12.5. The van der Waals surface area contributed by atoms with Crippen LogP contribution in [-0.2, 0) is 27.5 Å². The Kier molecular flexibility index (Phi) is 4.81. The highest BCUT2D eigenvalue weighted by molar-refractivity contribution is 7.91. The van der Waals surface area contributed by atoms with Crippen molar-refractivity contribution in [2.24, 2.45) is 0 Å². The van der Waals surface area contributed by atoms with Gasteiger partial charge in [-0.1, -0.05) is 12.1 Å². The maximum Gasteiger partial charge on any atom is 0.225 e. The molecule has 0 saturated heterocycles. The van der Waals surface area contributed by atoms with Gasteiger partial charge in [-0.3, -0.25) is 4.79 Å². The first-order valence-electron chi connectivity index (χ1n) is 8.36. The first-order valence-corrected chi connectivity index (χ1v) is 10.0. The van der Waals surface area contributed by atoms with Crippen molar-refractivity contribution in [3.8, 4) is 0 Å². The molecule has 0 atom stereocenters. The quantitative estimate of drug-likeness (QED) is 0.804. The molecule has 132 valence electrons. The van der Waals surface area contributed by atoms with E-state index in [0.29, 0.717) is 16.3 Å². The molecular weight excluding hydrogens is 336 g/mol. The first-order chi connectivity index (χ1) is 11.8. The van der Waals surface area contributed by atoms with Gasteiger partial charge in [0, 0.05) is 17.8 Å². The van der Waals surface area contributed by atoms with E-state index < -0.39 is 9.84 Å². The standard InChI is InChI=1S/C19H22N2O3S/c1-13-5-7-16(20)12-18(13)21-19(22)9-10-25(23,24)17-8-6-14-3-2-4-15(14)11-17/h5-8,11-12H,2-4,9-10,20H2,1H3,(H,21,22). The Bertz CT molecular complexity index is 920. The number of sulfone groups is 1. The lowest BCUT2D eigenvalue weighted by Crippen LogP contribution is -2.18. The number of anilines is 2. The van der Waals surface area contributed by atoms with Gasteiger partial charge in [-0.05, 0) is 67.1 Å². The van der Waals surface area contributed by atoms with Crippen LogP contribution in [0.25, 0.3) is 0 Å². The molecule has 2 aromatic carbocycles. The van der Waals surface area contributed by atoms with Gasteiger partial charge < -0.3 is 11.1 Å². The summed E-state index contributed by atoms with van der Waals surface area (Å²) >= 11 is 0. The summed E-state index contributed by atoms with van der Waals surface area (Å²) in [5, 5.41) is 2.73. The lowest BCUT2D eigenvalue weighted by molar-refractivity contribution is -0.115. The molecule has 3 rings (SSSR count). The minimum Gasteiger partial charge on any atom is -0.399 e. The van der Waals surface area contributed by atoms with E-state index in [1.807, 2.05) is 19.1 Å². The molecule has 6 heteroatoms. The number of nitrogens with two attached hydrogens (primary N) is 1. The third-order valence-electron chi connectivity index (χ3n) is 4.56. The van der Waals surface area contributed by atoms with Crippen LogP contribution in [0, 0.1) is 6.92 Å². The summed E-state index contributed by atoms with van der Waals surface area (Å²) in [6.45, 7) is 1.86. The summed E-state index contributed by atoms with van der Waals surface area (Å²) in [7, 11) is -3.47. The van der Waals surface area contributed by atoms with Crippen molar-refractivity contribution in [1.29, 1.82) is 0 Å². The number of carbonyl (C=O) groups excluding carboxylic acids is 1. The number of nitrogen functional groups attached to an aromatic ring is 1. The van der Waals surface area contributed by atoms with Gasteiger partial charge in [0.25, 0.3) is 0 Å². The van der Waals surface area contributed by atoms with E-state index in [-0.39, 0.29) is 18.1 Å². The fraction of sp³-hybridized carbons (Fsp3) is 0.316. The fourth-order valence-corrected chi connectivity index (χ4v) is 4.36. The lowest BCUT2D eigenvalue weighted by atomic mass is 10.1. The van der Waals surface area contributed by atoms with Crippen LogP contribution < -0.4 is 11.1 Å². The monoisotopic (exact) mass is 358 g/mol. The molecule has 25 heavy (non-hydrogen) atoms. The van der Waals surface area contributed by atoms with E-state index in [9.17, 15) is 13.2 Å². The van der Waals surface area contributed by atoms with Crippen molar-refractivity contribution in [3.05, 3.63) is 53.1 Å². The zero-order valence-corrected chi connectivity index (χ0v) is 15.0. The van der Waals surface area contributed by atoms with Crippen molar-refractivity contribution in [2.75, 3.05) is 16.8 Å². The number of hydrogen-bond donors (Lipinski definition) is 2. The molecule has 5 nitrogen and oxygen atoms in total. The van der Waals surface area contributed by atoms with E-state index in [0.717, 1.165) is 30.4 Å². The second-order valence-corrected chi connectivity index (χ2v) is 8.58. The largest absolute Gasteiger partial charge is 0.399 e. The molecule has 0 bridgehead atoms. The predicted molar refractivity (Wildman–Crippen MR) is 99.4 cm³/mol. The predicted octanol–water partition coefficient (Wildman–Crippen LogP) is 2.87. The summed E-state index contributed by atoms with van der Waals surface area (Å²) in [5.74, 6) is -0.544. The molecular formula is C19H22N2O3S. The minimum atomic E-state index is -3.47. The van der Waals surface area contributed by atoms with Crippen LogP contribution in [0.1, 0.15) is 29.5 Å². The van der Waals surface area contributed by atoms with Crippen molar-refractivity contribution < 1.29 is 13.2 Å². The highest BCUT2D eigenvalue weighted by Crippen LogP contribution is 2.25. The van der Waals surface area contributed by atoms with E-state index >= 15 is 0 Å². The molecule has 1 aliphatic rings. The average molecular weight is 358 g/mol. The van der Waals surface area contributed by atoms with Crippen LogP contribution in [0.3, 0.4) is 0 Å². The van der Waals surface area contributed by atoms with Crippen molar-refractivity contribution in [1.82, 2.24) is 0 Å². The number of benzene rings is 2. The van der Waals surface area contributed by atoms with Crippen LogP contribution in [0.4, 0.5) is 11.4 Å². The third-order valence-corrected chi connectivity index (χ3v) is 6.28. The number of rotatable bonds is 5. The van der Waals surface area contributed by atoms with Crippen LogP contribution in [0.5, 0.6) is 0 Å². The molecule has 2 aromatic rings. The fourth-order valence-electron chi connectivity index (χ4n) is 3.07. The van der Waals surface area contributed by atoms with Gasteiger partial charge >= 0.3 is 0 Å². The molecule has 0 aliphatic heterocycles. The van der Waals surface area contributed by atoms with Crippen molar-refractivity contribution >= 4 is 27.1 Å². The van der Waals surface area contributed by atoms with E-state index in [4.69, 9.17) is 5.73 Å². The molecule has 0 radical (unpaired) electrons.